The molecule has 0 bridgehead atoms. The van der Waals surface area contributed by atoms with E-state index in [9.17, 15) is 14.9 Å². The molecule has 1 aliphatic rings. The Bertz CT molecular complexity index is 819. The number of nitrogens with zero attached hydrogens (tertiary/aromatic N) is 4. The molecule has 0 spiro atoms. The van der Waals surface area contributed by atoms with Crippen LogP contribution in [0.15, 0.2) is 22.7 Å². The van der Waals surface area contributed by atoms with Gasteiger partial charge in [-0.25, -0.2) is 0 Å². The molecule has 1 saturated heterocycles. The summed E-state index contributed by atoms with van der Waals surface area (Å²) in [7, 11) is 0. The number of ether oxygens (including phenoxy) is 1. The van der Waals surface area contributed by atoms with E-state index in [1.807, 2.05) is 0 Å². The summed E-state index contributed by atoms with van der Waals surface area (Å²) in [6.07, 6.45) is 1.66. The molecule has 3 rings (SSSR count). The first kappa shape index (κ1) is 17.8. The minimum Gasteiger partial charge on any atom is -0.487 e. The lowest BCUT2D eigenvalue weighted by Gasteiger charge is -2.31. The highest BCUT2D eigenvalue weighted by Gasteiger charge is 2.30. The number of hydrogen-bond donors (Lipinski definition) is 0. The second-order valence-electron chi connectivity index (χ2n) is 6.14. The Morgan fingerprint density at radius 3 is 2.96 bits per heavy atom. The third-order valence-electron chi connectivity index (χ3n) is 4.30. The first-order valence-electron chi connectivity index (χ1n) is 8.50. The van der Waals surface area contributed by atoms with E-state index < -0.39 is 4.92 Å². The quantitative estimate of drug-likeness (QED) is 0.595. The fourth-order valence-corrected chi connectivity index (χ4v) is 3.10. The van der Waals surface area contributed by atoms with Crippen LogP contribution in [0, 0.1) is 17.0 Å². The van der Waals surface area contributed by atoms with Gasteiger partial charge in [-0.2, -0.15) is 4.98 Å². The van der Waals surface area contributed by atoms with Crippen LogP contribution in [0.5, 0.6) is 5.75 Å². The van der Waals surface area contributed by atoms with Crippen molar-refractivity contribution in [2.24, 2.45) is 0 Å². The number of likely N-dealkylation sites (tertiary alicyclic amines) is 1. The topological polar surface area (TPSA) is 112 Å². The molecule has 0 N–H and O–H groups in total. The Balaban J connectivity index is 1.80. The van der Waals surface area contributed by atoms with Gasteiger partial charge in [-0.1, -0.05) is 5.16 Å². The van der Waals surface area contributed by atoms with Gasteiger partial charge in [0.2, 0.25) is 5.89 Å². The number of rotatable bonds is 5. The fraction of sp³-hybridized carbons (Fsp3) is 0.471. The van der Waals surface area contributed by atoms with Crippen molar-refractivity contribution in [1.29, 1.82) is 0 Å². The van der Waals surface area contributed by atoms with Gasteiger partial charge in [-0.05, 0) is 38.8 Å². The lowest BCUT2D eigenvalue weighted by molar-refractivity contribution is -0.385. The summed E-state index contributed by atoms with van der Waals surface area (Å²) in [6.45, 7) is 4.84. The second kappa shape index (κ2) is 7.51. The molecule has 1 aromatic heterocycles. The van der Waals surface area contributed by atoms with E-state index in [1.165, 1.54) is 12.1 Å². The maximum Gasteiger partial charge on any atom is 0.311 e. The maximum absolute atomic E-state index is 12.8. The standard InChI is InChI=1S/C17H20N4O5/c1-3-25-15-7-6-12(9-14(15)21(23)24)17(22)20-8-4-5-13(10-20)16-18-11(2)19-26-16/h6-7,9,13H,3-5,8,10H2,1-2H3. The van der Waals surface area contributed by atoms with E-state index >= 15 is 0 Å². The van der Waals surface area contributed by atoms with Crippen LogP contribution in [0.3, 0.4) is 0 Å². The molecule has 0 aliphatic carbocycles. The van der Waals surface area contributed by atoms with E-state index in [2.05, 4.69) is 10.1 Å². The highest BCUT2D eigenvalue weighted by Crippen LogP contribution is 2.30. The molecule has 1 atom stereocenters. The summed E-state index contributed by atoms with van der Waals surface area (Å²) in [6, 6.07) is 4.30. The Morgan fingerprint density at radius 1 is 1.50 bits per heavy atom. The van der Waals surface area contributed by atoms with Crippen LogP contribution in [0.4, 0.5) is 5.69 Å². The fourth-order valence-electron chi connectivity index (χ4n) is 3.10. The van der Waals surface area contributed by atoms with Crippen molar-refractivity contribution in [3.05, 3.63) is 45.6 Å². The Hall–Kier alpha value is -2.97. The molecule has 1 amide bonds. The molecule has 1 aliphatic heterocycles. The number of piperidine rings is 1. The van der Waals surface area contributed by atoms with Crippen molar-refractivity contribution in [3.8, 4) is 5.75 Å². The van der Waals surface area contributed by atoms with E-state index in [-0.39, 0.29) is 28.8 Å². The SMILES string of the molecule is CCOc1ccc(C(=O)N2CCCC(c3nc(C)no3)C2)cc1[N+](=O)[O-]. The van der Waals surface area contributed by atoms with Crippen LogP contribution in [-0.4, -0.2) is 45.6 Å². The zero-order valence-electron chi connectivity index (χ0n) is 14.7. The average Bonchev–Trinajstić information content (AvgIpc) is 3.08. The van der Waals surface area contributed by atoms with Crippen molar-refractivity contribution in [2.45, 2.75) is 32.6 Å². The second-order valence-corrected chi connectivity index (χ2v) is 6.14. The number of carbonyl (C=O) groups is 1. The third-order valence-corrected chi connectivity index (χ3v) is 4.30. The van der Waals surface area contributed by atoms with Gasteiger partial charge in [-0.3, -0.25) is 14.9 Å². The zero-order chi connectivity index (χ0) is 18.7. The summed E-state index contributed by atoms with van der Waals surface area (Å²) in [5.74, 6) is 0.971. The van der Waals surface area contributed by atoms with E-state index in [1.54, 1.807) is 24.8 Å². The summed E-state index contributed by atoms with van der Waals surface area (Å²) in [5, 5.41) is 15.1. The van der Waals surface area contributed by atoms with Gasteiger partial charge in [0.25, 0.3) is 5.91 Å². The van der Waals surface area contributed by atoms with Crippen molar-refractivity contribution in [2.75, 3.05) is 19.7 Å². The number of nitro benzene ring substituents is 1. The van der Waals surface area contributed by atoms with E-state index in [4.69, 9.17) is 9.26 Å². The zero-order valence-corrected chi connectivity index (χ0v) is 14.7. The summed E-state index contributed by atoms with van der Waals surface area (Å²) in [5.41, 5.74) is 0.0568. The number of benzene rings is 1. The van der Waals surface area contributed by atoms with Gasteiger partial charge in [0.05, 0.1) is 17.4 Å². The molecule has 138 valence electrons. The largest absolute Gasteiger partial charge is 0.487 e. The molecule has 26 heavy (non-hydrogen) atoms. The summed E-state index contributed by atoms with van der Waals surface area (Å²) in [4.78, 5) is 29.5. The van der Waals surface area contributed by atoms with Crippen LogP contribution >= 0.6 is 0 Å². The Labute approximate surface area is 150 Å². The first-order valence-corrected chi connectivity index (χ1v) is 8.50. The minimum atomic E-state index is -0.540. The molecule has 0 radical (unpaired) electrons. The summed E-state index contributed by atoms with van der Waals surface area (Å²) >= 11 is 0. The third kappa shape index (κ3) is 3.66. The molecule has 9 nitrogen and oxygen atoms in total. The molecule has 2 aromatic rings. The number of amides is 1. The molecule has 1 unspecified atom stereocenters. The van der Waals surface area contributed by atoms with Gasteiger partial charge in [-0.15, -0.1) is 0 Å². The molecular formula is C17H20N4O5. The lowest BCUT2D eigenvalue weighted by Crippen LogP contribution is -2.39. The van der Waals surface area contributed by atoms with Crippen molar-refractivity contribution in [1.82, 2.24) is 15.0 Å². The average molecular weight is 360 g/mol. The normalized spacial score (nSPS) is 17.2. The van der Waals surface area contributed by atoms with Crippen LogP contribution in [0.2, 0.25) is 0 Å². The first-order chi connectivity index (χ1) is 12.5. The maximum atomic E-state index is 12.8. The summed E-state index contributed by atoms with van der Waals surface area (Å²) < 4.78 is 10.5. The lowest BCUT2D eigenvalue weighted by atomic mass is 9.97. The molecule has 2 heterocycles. The van der Waals surface area contributed by atoms with Crippen LogP contribution in [0.1, 0.15) is 47.8 Å². The van der Waals surface area contributed by atoms with Crippen LogP contribution < -0.4 is 4.74 Å². The van der Waals surface area contributed by atoms with Gasteiger partial charge < -0.3 is 14.2 Å². The minimum absolute atomic E-state index is 0.0217. The number of nitro groups is 1. The van der Waals surface area contributed by atoms with Crippen LogP contribution in [0.25, 0.3) is 0 Å². The Kier molecular flexibility index (Phi) is 5.15. The smallest absolute Gasteiger partial charge is 0.311 e. The van der Waals surface area contributed by atoms with Crippen molar-refractivity contribution >= 4 is 11.6 Å². The highest BCUT2D eigenvalue weighted by atomic mass is 16.6. The number of aryl methyl sites for hydroxylation is 1. The molecular weight excluding hydrogens is 340 g/mol. The van der Waals surface area contributed by atoms with Gasteiger partial charge in [0.15, 0.2) is 11.6 Å². The van der Waals surface area contributed by atoms with Gasteiger partial charge in [0.1, 0.15) is 0 Å². The van der Waals surface area contributed by atoms with E-state index in [0.717, 1.165) is 12.8 Å². The molecule has 1 aromatic carbocycles. The van der Waals surface area contributed by atoms with Gasteiger partial charge >= 0.3 is 5.69 Å². The number of hydrogen-bond acceptors (Lipinski definition) is 7. The molecule has 1 fully saturated rings. The molecule has 0 saturated carbocycles. The predicted molar refractivity (Wildman–Crippen MR) is 91.2 cm³/mol. The number of carbonyl (C=O) groups excluding carboxylic acids is 1. The van der Waals surface area contributed by atoms with Crippen molar-refractivity contribution < 1.29 is 19.0 Å². The monoisotopic (exact) mass is 360 g/mol. The predicted octanol–water partition coefficient (Wildman–Crippen LogP) is 2.70. The highest BCUT2D eigenvalue weighted by molar-refractivity contribution is 5.95. The van der Waals surface area contributed by atoms with Crippen LogP contribution in [-0.2, 0) is 0 Å². The van der Waals surface area contributed by atoms with Crippen molar-refractivity contribution in [3.63, 3.8) is 0 Å². The number of aromatic nitrogens is 2. The Morgan fingerprint density at radius 2 is 2.31 bits per heavy atom. The van der Waals surface area contributed by atoms with Gasteiger partial charge in [0, 0.05) is 24.7 Å². The molecule has 9 heteroatoms. The van der Waals surface area contributed by atoms with E-state index in [0.29, 0.717) is 31.4 Å².